The van der Waals surface area contributed by atoms with E-state index in [0.29, 0.717) is 0 Å². The van der Waals surface area contributed by atoms with Crippen molar-refractivity contribution < 1.29 is 14.5 Å². The van der Waals surface area contributed by atoms with Crippen LogP contribution in [0.25, 0.3) is 0 Å². The van der Waals surface area contributed by atoms with E-state index in [4.69, 9.17) is 17.3 Å². The first kappa shape index (κ1) is 12.2. The topological polar surface area (TPSA) is 108 Å². The molecule has 0 aliphatic carbocycles. The van der Waals surface area contributed by atoms with Crippen LogP contribution in [0.15, 0.2) is 6.20 Å². The lowest BCUT2D eigenvalue weighted by Gasteiger charge is -2.05. The molecule has 0 saturated heterocycles. The molecule has 0 fully saturated rings. The van der Waals surface area contributed by atoms with Crippen molar-refractivity contribution in [2.24, 2.45) is 0 Å². The molecule has 0 aliphatic rings. The van der Waals surface area contributed by atoms with Gasteiger partial charge in [0.2, 0.25) is 5.15 Å². The Kier molecular flexibility index (Phi) is 3.62. The fourth-order valence-corrected chi connectivity index (χ4v) is 1.26. The molecular weight excluding hydrogens is 238 g/mol. The molecule has 0 unspecified atom stereocenters. The lowest BCUT2D eigenvalue weighted by atomic mass is 10.2. The van der Waals surface area contributed by atoms with E-state index in [1.807, 2.05) is 0 Å². The lowest BCUT2D eigenvalue weighted by Crippen LogP contribution is -2.10. The number of nitrogens with zero attached hydrogens (tertiary/aromatic N) is 2. The van der Waals surface area contributed by atoms with Crippen LogP contribution in [-0.4, -0.2) is 22.5 Å². The Hall–Kier alpha value is -1.89. The molecule has 0 bridgehead atoms. The zero-order valence-corrected chi connectivity index (χ0v) is 9.02. The van der Waals surface area contributed by atoms with Crippen molar-refractivity contribution in [1.29, 1.82) is 0 Å². The van der Waals surface area contributed by atoms with E-state index < -0.39 is 16.6 Å². The van der Waals surface area contributed by atoms with E-state index in [2.05, 4.69) is 9.72 Å². The minimum Gasteiger partial charge on any atom is -0.462 e. The highest BCUT2D eigenvalue weighted by Gasteiger charge is 2.25. The Balaban J connectivity index is 3.29. The van der Waals surface area contributed by atoms with Crippen LogP contribution in [0.2, 0.25) is 5.15 Å². The van der Waals surface area contributed by atoms with Crippen molar-refractivity contribution >= 4 is 28.9 Å². The third kappa shape index (κ3) is 2.19. The van der Waals surface area contributed by atoms with Crippen LogP contribution in [0.5, 0.6) is 0 Å². The number of aromatic nitrogens is 1. The van der Waals surface area contributed by atoms with Crippen LogP contribution in [0.1, 0.15) is 17.3 Å². The van der Waals surface area contributed by atoms with E-state index in [1.54, 1.807) is 6.92 Å². The summed E-state index contributed by atoms with van der Waals surface area (Å²) < 4.78 is 4.66. The van der Waals surface area contributed by atoms with Gasteiger partial charge in [-0.1, -0.05) is 11.6 Å². The van der Waals surface area contributed by atoms with Gasteiger partial charge in [-0.15, -0.1) is 0 Å². The number of nitrogens with two attached hydrogens (primary N) is 1. The largest absolute Gasteiger partial charge is 0.462 e. The highest BCUT2D eigenvalue weighted by molar-refractivity contribution is 6.32. The van der Waals surface area contributed by atoms with Gasteiger partial charge in [-0.3, -0.25) is 10.1 Å². The van der Waals surface area contributed by atoms with Crippen LogP contribution >= 0.6 is 11.6 Å². The molecule has 0 aliphatic heterocycles. The van der Waals surface area contributed by atoms with E-state index in [1.165, 1.54) is 0 Å². The predicted molar refractivity (Wildman–Crippen MR) is 56.3 cm³/mol. The monoisotopic (exact) mass is 245 g/mol. The van der Waals surface area contributed by atoms with E-state index in [9.17, 15) is 14.9 Å². The zero-order valence-electron chi connectivity index (χ0n) is 8.27. The Bertz CT molecular complexity index is 449. The van der Waals surface area contributed by atoms with Gasteiger partial charge in [0.15, 0.2) is 0 Å². The summed E-state index contributed by atoms with van der Waals surface area (Å²) in [4.78, 5) is 24.7. The quantitative estimate of drug-likeness (QED) is 0.373. The number of esters is 1. The van der Waals surface area contributed by atoms with Gasteiger partial charge in [-0.2, -0.15) is 0 Å². The Morgan fingerprint density at radius 3 is 2.88 bits per heavy atom. The average molecular weight is 246 g/mol. The predicted octanol–water partition coefficient (Wildman–Crippen LogP) is 1.40. The smallest absolute Gasteiger partial charge is 0.342 e. The molecule has 0 aromatic carbocycles. The Labute approximate surface area is 95.3 Å². The second-order valence-corrected chi connectivity index (χ2v) is 3.06. The van der Waals surface area contributed by atoms with Crippen LogP contribution < -0.4 is 5.73 Å². The van der Waals surface area contributed by atoms with Gasteiger partial charge < -0.3 is 10.5 Å². The maximum absolute atomic E-state index is 11.3. The SMILES string of the molecule is CCOC(=O)c1cnc(Cl)c([N+](=O)[O-])c1N. The Morgan fingerprint density at radius 1 is 1.75 bits per heavy atom. The summed E-state index contributed by atoms with van der Waals surface area (Å²) in [6.45, 7) is 1.74. The molecule has 0 saturated carbocycles. The summed E-state index contributed by atoms with van der Waals surface area (Å²) in [6, 6.07) is 0. The Morgan fingerprint density at radius 2 is 2.38 bits per heavy atom. The summed E-state index contributed by atoms with van der Waals surface area (Å²) in [5.74, 6) is -0.771. The second-order valence-electron chi connectivity index (χ2n) is 2.70. The maximum atomic E-state index is 11.3. The molecule has 7 nitrogen and oxygen atoms in total. The number of carbonyl (C=O) groups excluding carboxylic acids is 1. The minimum atomic E-state index is -0.798. The van der Waals surface area contributed by atoms with E-state index in [-0.39, 0.29) is 23.0 Å². The fourth-order valence-electron chi connectivity index (χ4n) is 1.04. The number of hydrogen-bond donors (Lipinski definition) is 1. The summed E-state index contributed by atoms with van der Waals surface area (Å²) in [5.41, 5.74) is 4.35. The molecule has 1 aromatic heterocycles. The maximum Gasteiger partial charge on any atom is 0.342 e. The van der Waals surface area contributed by atoms with Crippen LogP contribution in [0, 0.1) is 10.1 Å². The number of pyridine rings is 1. The molecule has 1 aromatic rings. The van der Waals surface area contributed by atoms with Crippen LogP contribution in [0.3, 0.4) is 0 Å². The summed E-state index contributed by atoms with van der Waals surface area (Å²) in [5, 5.41) is 10.3. The minimum absolute atomic E-state index is 0.134. The number of nitro groups is 1. The first-order chi connectivity index (χ1) is 7.49. The average Bonchev–Trinajstić information content (AvgIpc) is 2.17. The van der Waals surface area contributed by atoms with Crippen LogP contribution in [0.4, 0.5) is 11.4 Å². The molecule has 2 N–H and O–H groups in total. The number of anilines is 1. The van der Waals surface area contributed by atoms with E-state index in [0.717, 1.165) is 6.20 Å². The lowest BCUT2D eigenvalue weighted by molar-refractivity contribution is -0.384. The van der Waals surface area contributed by atoms with Gasteiger partial charge >= 0.3 is 11.7 Å². The van der Waals surface area contributed by atoms with Crippen molar-refractivity contribution in [2.75, 3.05) is 12.3 Å². The third-order valence-corrected chi connectivity index (χ3v) is 2.00. The van der Waals surface area contributed by atoms with Crippen LogP contribution in [-0.2, 0) is 4.74 Å². The molecule has 1 heterocycles. The van der Waals surface area contributed by atoms with Gasteiger partial charge in [0.25, 0.3) is 0 Å². The molecule has 1 rings (SSSR count). The molecule has 0 atom stereocenters. The van der Waals surface area contributed by atoms with Gasteiger partial charge in [0, 0.05) is 6.20 Å². The van der Waals surface area contributed by atoms with Crippen molar-refractivity contribution in [3.05, 3.63) is 27.0 Å². The molecule has 0 amide bonds. The number of rotatable bonds is 3. The van der Waals surface area contributed by atoms with Crippen molar-refractivity contribution in [1.82, 2.24) is 4.98 Å². The van der Waals surface area contributed by atoms with Gasteiger partial charge in [0.1, 0.15) is 11.3 Å². The normalized spacial score (nSPS) is 9.88. The molecule has 16 heavy (non-hydrogen) atoms. The molecule has 0 spiro atoms. The number of hydrogen-bond acceptors (Lipinski definition) is 6. The molecular formula is C8H8ClN3O4. The number of ether oxygens (including phenoxy) is 1. The van der Waals surface area contributed by atoms with Crippen molar-refractivity contribution in [3.8, 4) is 0 Å². The zero-order chi connectivity index (χ0) is 12.3. The summed E-state index contributed by atoms with van der Waals surface area (Å²) in [6.07, 6.45) is 1.04. The summed E-state index contributed by atoms with van der Waals surface area (Å²) >= 11 is 5.49. The number of nitrogen functional groups attached to an aromatic ring is 1. The van der Waals surface area contributed by atoms with Gasteiger partial charge in [0.05, 0.1) is 11.5 Å². The first-order valence-corrected chi connectivity index (χ1v) is 4.62. The first-order valence-electron chi connectivity index (χ1n) is 4.24. The highest BCUT2D eigenvalue weighted by Crippen LogP contribution is 2.31. The van der Waals surface area contributed by atoms with Gasteiger partial charge in [-0.25, -0.2) is 9.78 Å². The third-order valence-electron chi connectivity index (χ3n) is 1.73. The van der Waals surface area contributed by atoms with Crippen molar-refractivity contribution in [3.63, 3.8) is 0 Å². The molecule has 86 valence electrons. The highest BCUT2D eigenvalue weighted by atomic mass is 35.5. The fraction of sp³-hybridized carbons (Fsp3) is 0.250. The van der Waals surface area contributed by atoms with Gasteiger partial charge in [-0.05, 0) is 6.92 Å². The summed E-state index contributed by atoms with van der Waals surface area (Å²) in [7, 11) is 0. The second kappa shape index (κ2) is 4.75. The van der Waals surface area contributed by atoms with Crippen molar-refractivity contribution in [2.45, 2.75) is 6.92 Å². The number of carbonyl (C=O) groups is 1. The molecule has 8 heteroatoms. The standard InChI is InChI=1S/C8H8ClN3O4/c1-2-16-8(13)4-3-11-7(9)6(5(4)10)12(14)15/h3H,2H2,1H3,(H2,10,11). The van der Waals surface area contributed by atoms with E-state index >= 15 is 0 Å². The number of halogens is 1. The molecule has 0 radical (unpaired) electrons.